The van der Waals surface area contributed by atoms with Crippen molar-refractivity contribution in [3.63, 3.8) is 0 Å². The van der Waals surface area contributed by atoms with Crippen LogP contribution in [0, 0.1) is 12.7 Å². The van der Waals surface area contributed by atoms with Crippen molar-refractivity contribution in [1.82, 2.24) is 9.88 Å². The number of benzene rings is 1. The number of aryl methyl sites for hydroxylation is 1. The molecule has 1 heterocycles. The predicted molar refractivity (Wildman–Crippen MR) is 78.6 cm³/mol. The maximum absolute atomic E-state index is 13.2. The van der Waals surface area contributed by atoms with E-state index in [1.807, 2.05) is 38.4 Å². The van der Waals surface area contributed by atoms with Gasteiger partial charge in [-0.25, -0.2) is 4.39 Å². The molecule has 1 aromatic carbocycles. The zero-order valence-corrected chi connectivity index (χ0v) is 11.9. The fourth-order valence-corrected chi connectivity index (χ4v) is 2.45. The zero-order chi connectivity index (χ0) is 14.5. The molecule has 4 heteroatoms. The van der Waals surface area contributed by atoms with E-state index >= 15 is 0 Å². The van der Waals surface area contributed by atoms with E-state index in [0.29, 0.717) is 6.54 Å². The van der Waals surface area contributed by atoms with Crippen molar-refractivity contribution in [1.29, 1.82) is 0 Å². The van der Waals surface area contributed by atoms with E-state index in [-0.39, 0.29) is 11.9 Å². The Bertz CT molecular complexity index is 557. The molecule has 2 rings (SSSR count). The average Bonchev–Trinajstić information content (AvgIpc) is 2.43. The second kappa shape index (κ2) is 6.59. The lowest BCUT2D eigenvalue weighted by atomic mass is 9.99. The second-order valence-corrected chi connectivity index (χ2v) is 5.03. The summed E-state index contributed by atoms with van der Waals surface area (Å²) in [6.07, 6.45) is 3.61. The van der Waals surface area contributed by atoms with Crippen molar-refractivity contribution in [3.05, 3.63) is 65.2 Å². The molecule has 1 unspecified atom stereocenters. The largest absolute Gasteiger partial charge is 0.329 e. The summed E-state index contributed by atoms with van der Waals surface area (Å²) >= 11 is 0. The van der Waals surface area contributed by atoms with Crippen molar-refractivity contribution in [2.24, 2.45) is 5.73 Å². The minimum atomic E-state index is -0.211. The van der Waals surface area contributed by atoms with Gasteiger partial charge in [-0.05, 0) is 48.9 Å². The molecular formula is C16H20FN3. The SMILES string of the molecule is Cc1cc(F)ccc1C(CN)N(C)Cc1cccnc1. The molecule has 0 saturated carbocycles. The molecule has 3 nitrogen and oxygen atoms in total. The van der Waals surface area contributed by atoms with Gasteiger partial charge in [-0.15, -0.1) is 0 Å². The summed E-state index contributed by atoms with van der Waals surface area (Å²) in [7, 11) is 2.02. The Labute approximate surface area is 119 Å². The van der Waals surface area contributed by atoms with Gasteiger partial charge in [0, 0.05) is 31.5 Å². The molecule has 20 heavy (non-hydrogen) atoms. The van der Waals surface area contributed by atoms with E-state index in [1.54, 1.807) is 12.3 Å². The fourth-order valence-electron chi connectivity index (χ4n) is 2.45. The first-order valence-corrected chi connectivity index (χ1v) is 6.67. The average molecular weight is 273 g/mol. The van der Waals surface area contributed by atoms with Crippen LogP contribution in [-0.2, 0) is 6.54 Å². The maximum atomic E-state index is 13.2. The third kappa shape index (κ3) is 3.40. The van der Waals surface area contributed by atoms with Crippen LogP contribution in [0.2, 0.25) is 0 Å². The number of rotatable bonds is 5. The molecule has 0 saturated heterocycles. The standard InChI is InChI=1S/C16H20FN3/c1-12-8-14(17)5-6-15(12)16(9-18)20(2)11-13-4-3-7-19-10-13/h3-8,10,16H,9,11,18H2,1-2H3. The van der Waals surface area contributed by atoms with E-state index in [2.05, 4.69) is 9.88 Å². The number of likely N-dealkylation sites (N-methyl/N-ethyl adjacent to an activating group) is 1. The Morgan fingerprint density at radius 1 is 1.35 bits per heavy atom. The van der Waals surface area contributed by atoms with Gasteiger partial charge in [0.2, 0.25) is 0 Å². The Balaban J connectivity index is 2.19. The molecule has 0 spiro atoms. The normalized spacial score (nSPS) is 12.7. The van der Waals surface area contributed by atoms with Crippen LogP contribution in [0.4, 0.5) is 4.39 Å². The van der Waals surface area contributed by atoms with Crippen molar-refractivity contribution in [3.8, 4) is 0 Å². The summed E-state index contributed by atoms with van der Waals surface area (Å²) in [6.45, 7) is 3.16. The summed E-state index contributed by atoms with van der Waals surface area (Å²) in [5.41, 5.74) is 9.05. The van der Waals surface area contributed by atoms with Gasteiger partial charge in [0.25, 0.3) is 0 Å². The number of nitrogens with two attached hydrogens (primary N) is 1. The van der Waals surface area contributed by atoms with Crippen LogP contribution < -0.4 is 5.73 Å². The smallest absolute Gasteiger partial charge is 0.123 e. The third-order valence-electron chi connectivity index (χ3n) is 3.50. The lowest BCUT2D eigenvalue weighted by Crippen LogP contribution is -2.30. The van der Waals surface area contributed by atoms with Crippen LogP contribution in [0.1, 0.15) is 22.7 Å². The van der Waals surface area contributed by atoms with Crippen molar-refractivity contribution in [2.75, 3.05) is 13.6 Å². The molecule has 106 valence electrons. The van der Waals surface area contributed by atoms with Gasteiger partial charge in [0.15, 0.2) is 0 Å². The quantitative estimate of drug-likeness (QED) is 0.910. The molecule has 0 bridgehead atoms. The predicted octanol–water partition coefficient (Wildman–Crippen LogP) is 2.66. The van der Waals surface area contributed by atoms with E-state index in [4.69, 9.17) is 5.73 Å². The molecule has 0 aliphatic rings. The molecule has 1 aromatic heterocycles. The van der Waals surface area contributed by atoms with Crippen LogP contribution in [0.25, 0.3) is 0 Å². The molecule has 0 amide bonds. The first-order valence-electron chi connectivity index (χ1n) is 6.67. The van der Waals surface area contributed by atoms with Gasteiger partial charge < -0.3 is 5.73 Å². The van der Waals surface area contributed by atoms with Crippen molar-refractivity contribution in [2.45, 2.75) is 19.5 Å². The molecular weight excluding hydrogens is 253 g/mol. The Morgan fingerprint density at radius 2 is 2.15 bits per heavy atom. The topological polar surface area (TPSA) is 42.1 Å². The highest BCUT2D eigenvalue weighted by Gasteiger charge is 2.17. The minimum absolute atomic E-state index is 0.0656. The van der Waals surface area contributed by atoms with Crippen LogP contribution in [0.5, 0.6) is 0 Å². The van der Waals surface area contributed by atoms with Gasteiger partial charge in [0.1, 0.15) is 5.82 Å². The minimum Gasteiger partial charge on any atom is -0.329 e. The summed E-state index contributed by atoms with van der Waals surface area (Å²) in [6, 6.07) is 8.88. The molecule has 0 radical (unpaired) electrons. The van der Waals surface area contributed by atoms with E-state index in [9.17, 15) is 4.39 Å². The highest BCUT2D eigenvalue weighted by molar-refractivity contribution is 5.30. The fraction of sp³-hybridized carbons (Fsp3) is 0.312. The highest BCUT2D eigenvalue weighted by Crippen LogP contribution is 2.24. The van der Waals surface area contributed by atoms with Crippen molar-refractivity contribution < 1.29 is 4.39 Å². The molecule has 0 aliphatic heterocycles. The molecule has 2 N–H and O–H groups in total. The molecule has 2 aromatic rings. The van der Waals surface area contributed by atoms with Gasteiger partial charge in [0.05, 0.1) is 0 Å². The summed E-state index contributed by atoms with van der Waals surface area (Å²) in [4.78, 5) is 6.28. The van der Waals surface area contributed by atoms with Crippen LogP contribution >= 0.6 is 0 Å². The van der Waals surface area contributed by atoms with Gasteiger partial charge in [-0.3, -0.25) is 9.88 Å². The van der Waals surface area contributed by atoms with E-state index in [1.165, 1.54) is 6.07 Å². The lowest BCUT2D eigenvalue weighted by molar-refractivity contribution is 0.240. The summed E-state index contributed by atoms with van der Waals surface area (Å²) in [5, 5.41) is 0. The number of aromatic nitrogens is 1. The lowest BCUT2D eigenvalue weighted by Gasteiger charge is -2.28. The van der Waals surface area contributed by atoms with Gasteiger partial charge in [-0.2, -0.15) is 0 Å². The zero-order valence-electron chi connectivity index (χ0n) is 11.9. The highest BCUT2D eigenvalue weighted by atomic mass is 19.1. The molecule has 0 fully saturated rings. The van der Waals surface area contributed by atoms with Gasteiger partial charge >= 0.3 is 0 Å². The second-order valence-electron chi connectivity index (χ2n) is 5.03. The Hall–Kier alpha value is -1.78. The Morgan fingerprint density at radius 3 is 2.75 bits per heavy atom. The number of halogens is 1. The van der Waals surface area contributed by atoms with Gasteiger partial charge in [-0.1, -0.05) is 12.1 Å². The number of nitrogens with zero attached hydrogens (tertiary/aromatic N) is 2. The summed E-state index contributed by atoms with van der Waals surface area (Å²) < 4.78 is 13.2. The van der Waals surface area contributed by atoms with Crippen molar-refractivity contribution >= 4 is 0 Å². The Kier molecular flexibility index (Phi) is 4.82. The molecule has 1 atom stereocenters. The number of hydrogen-bond acceptors (Lipinski definition) is 3. The summed E-state index contributed by atoms with van der Waals surface area (Å²) in [5.74, 6) is -0.211. The van der Waals surface area contributed by atoms with Crippen LogP contribution in [-0.4, -0.2) is 23.5 Å². The van der Waals surface area contributed by atoms with Crippen LogP contribution in [0.15, 0.2) is 42.7 Å². The number of pyridine rings is 1. The maximum Gasteiger partial charge on any atom is 0.123 e. The first-order chi connectivity index (χ1) is 9.61. The van der Waals surface area contributed by atoms with E-state index < -0.39 is 0 Å². The molecule has 0 aliphatic carbocycles. The van der Waals surface area contributed by atoms with E-state index in [0.717, 1.165) is 23.2 Å². The third-order valence-corrected chi connectivity index (χ3v) is 3.50. The first kappa shape index (κ1) is 14.6. The number of hydrogen-bond donors (Lipinski definition) is 1. The monoisotopic (exact) mass is 273 g/mol. The van der Waals surface area contributed by atoms with Crippen LogP contribution in [0.3, 0.4) is 0 Å².